The summed E-state index contributed by atoms with van der Waals surface area (Å²) in [4.78, 5) is 11.7. The number of nitrogens with one attached hydrogen (secondary N) is 2. The monoisotopic (exact) mass is 352 g/mol. The Hall–Kier alpha value is -1.91. The van der Waals surface area contributed by atoms with Crippen molar-refractivity contribution in [3.05, 3.63) is 57.6 Å². The smallest absolute Gasteiger partial charge is 0.319 e. The summed E-state index contributed by atoms with van der Waals surface area (Å²) in [5.41, 5.74) is 2.61. The first-order chi connectivity index (χ1) is 11.0. The van der Waals surface area contributed by atoms with Crippen molar-refractivity contribution in [3.8, 4) is 5.75 Å². The minimum absolute atomic E-state index is 0.292. The van der Waals surface area contributed by atoms with Crippen LogP contribution in [0.4, 0.5) is 10.5 Å². The van der Waals surface area contributed by atoms with Crippen LogP contribution in [0.25, 0.3) is 0 Å². The number of ether oxygens (including phenoxy) is 1. The summed E-state index contributed by atoms with van der Waals surface area (Å²) in [6, 6.07) is 10.4. The number of anilines is 1. The maximum atomic E-state index is 11.7. The van der Waals surface area contributed by atoms with E-state index in [1.807, 2.05) is 26.0 Å². The van der Waals surface area contributed by atoms with E-state index in [1.165, 1.54) is 0 Å². The number of aryl methyl sites for hydroxylation is 2. The molecule has 2 aromatic carbocycles. The van der Waals surface area contributed by atoms with Gasteiger partial charge in [-0.1, -0.05) is 23.2 Å². The number of hydrogen-bond donors (Lipinski definition) is 2. The average molecular weight is 353 g/mol. The lowest BCUT2D eigenvalue weighted by Gasteiger charge is -2.11. The van der Waals surface area contributed by atoms with Crippen molar-refractivity contribution in [2.24, 2.45) is 0 Å². The van der Waals surface area contributed by atoms with Crippen LogP contribution < -0.4 is 15.4 Å². The lowest BCUT2D eigenvalue weighted by molar-refractivity contribution is 0.247. The van der Waals surface area contributed by atoms with Crippen LogP contribution in [0.3, 0.4) is 0 Å². The number of amides is 2. The molecule has 0 bridgehead atoms. The van der Waals surface area contributed by atoms with Gasteiger partial charge >= 0.3 is 6.03 Å². The summed E-state index contributed by atoms with van der Waals surface area (Å²) in [7, 11) is 0. The topological polar surface area (TPSA) is 50.4 Å². The second kappa shape index (κ2) is 8.09. The van der Waals surface area contributed by atoms with E-state index in [-0.39, 0.29) is 6.03 Å². The minimum Gasteiger partial charge on any atom is -0.492 e. The molecule has 0 aliphatic heterocycles. The Morgan fingerprint density at radius 2 is 1.70 bits per heavy atom. The third kappa shape index (κ3) is 5.34. The number of rotatable bonds is 5. The number of carbonyl (C=O) groups excluding carboxylic acids is 1. The highest BCUT2D eigenvalue weighted by Gasteiger charge is 2.04. The van der Waals surface area contributed by atoms with E-state index in [0.717, 1.165) is 21.9 Å². The molecule has 122 valence electrons. The summed E-state index contributed by atoms with van der Waals surface area (Å²) in [5.74, 6) is 0.740. The summed E-state index contributed by atoms with van der Waals surface area (Å²) < 4.78 is 5.62. The van der Waals surface area contributed by atoms with E-state index >= 15 is 0 Å². The van der Waals surface area contributed by atoms with Crippen LogP contribution in [0.15, 0.2) is 36.4 Å². The first-order valence-corrected chi connectivity index (χ1v) is 7.91. The third-order valence-electron chi connectivity index (χ3n) is 3.17. The molecule has 0 aliphatic rings. The number of benzene rings is 2. The maximum absolute atomic E-state index is 11.7. The maximum Gasteiger partial charge on any atom is 0.319 e. The second-order valence-corrected chi connectivity index (χ2v) is 5.92. The molecule has 0 aromatic heterocycles. The van der Waals surface area contributed by atoms with Gasteiger partial charge in [0.25, 0.3) is 0 Å². The zero-order valence-electron chi connectivity index (χ0n) is 13.0. The van der Waals surface area contributed by atoms with Crippen molar-refractivity contribution in [3.63, 3.8) is 0 Å². The van der Waals surface area contributed by atoms with Crippen LogP contribution in [0, 0.1) is 13.8 Å². The molecular formula is C17H18Cl2N2O2. The van der Waals surface area contributed by atoms with Crippen LogP contribution >= 0.6 is 23.2 Å². The van der Waals surface area contributed by atoms with Gasteiger partial charge in [0.15, 0.2) is 0 Å². The standard InChI is InChI=1S/C17H18Cl2N2O2/c1-11-9-15(10-12(2)16(11)19)23-8-7-20-17(22)21-14-5-3-13(18)4-6-14/h3-6,9-10H,7-8H2,1-2H3,(H2,20,21,22). The predicted octanol–water partition coefficient (Wildman–Crippen LogP) is 4.81. The van der Waals surface area contributed by atoms with Gasteiger partial charge in [-0.2, -0.15) is 0 Å². The van der Waals surface area contributed by atoms with Gasteiger partial charge in [-0.25, -0.2) is 4.79 Å². The predicted molar refractivity (Wildman–Crippen MR) is 94.9 cm³/mol. The molecule has 0 atom stereocenters. The van der Waals surface area contributed by atoms with Crippen molar-refractivity contribution >= 4 is 34.9 Å². The number of urea groups is 1. The van der Waals surface area contributed by atoms with Crippen LogP contribution in [0.2, 0.25) is 10.0 Å². The fourth-order valence-corrected chi connectivity index (χ4v) is 2.27. The molecule has 4 nitrogen and oxygen atoms in total. The zero-order chi connectivity index (χ0) is 16.8. The first kappa shape index (κ1) is 17.4. The van der Waals surface area contributed by atoms with E-state index in [2.05, 4.69) is 10.6 Å². The lowest BCUT2D eigenvalue weighted by Crippen LogP contribution is -2.32. The summed E-state index contributed by atoms with van der Waals surface area (Å²) in [6.45, 7) is 4.62. The zero-order valence-corrected chi connectivity index (χ0v) is 14.5. The van der Waals surface area contributed by atoms with Crippen molar-refractivity contribution in [2.45, 2.75) is 13.8 Å². The van der Waals surface area contributed by atoms with Crippen molar-refractivity contribution in [1.29, 1.82) is 0 Å². The Labute approximate surface area is 145 Å². The van der Waals surface area contributed by atoms with Crippen molar-refractivity contribution in [1.82, 2.24) is 5.32 Å². The normalized spacial score (nSPS) is 10.3. The number of carbonyl (C=O) groups is 1. The van der Waals surface area contributed by atoms with E-state index < -0.39 is 0 Å². The number of halogens is 2. The van der Waals surface area contributed by atoms with Crippen molar-refractivity contribution < 1.29 is 9.53 Å². The van der Waals surface area contributed by atoms with E-state index in [9.17, 15) is 4.79 Å². The molecular weight excluding hydrogens is 335 g/mol. The highest BCUT2D eigenvalue weighted by Crippen LogP contribution is 2.25. The average Bonchev–Trinajstić information content (AvgIpc) is 2.51. The van der Waals surface area contributed by atoms with E-state index in [1.54, 1.807) is 24.3 Å². The van der Waals surface area contributed by atoms with Gasteiger partial charge in [-0.15, -0.1) is 0 Å². The Morgan fingerprint density at radius 3 is 2.30 bits per heavy atom. The Kier molecular flexibility index (Phi) is 6.13. The first-order valence-electron chi connectivity index (χ1n) is 7.15. The number of hydrogen-bond acceptors (Lipinski definition) is 2. The van der Waals surface area contributed by atoms with E-state index in [4.69, 9.17) is 27.9 Å². The van der Waals surface area contributed by atoms with Gasteiger partial charge < -0.3 is 15.4 Å². The van der Waals surface area contributed by atoms with Gasteiger partial charge in [-0.3, -0.25) is 0 Å². The Morgan fingerprint density at radius 1 is 1.09 bits per heavy atom. The molecule has 0 fully saturated rings. The highest BCUT2D eigenvalue weighted by atomic mass is 35.5. The Balaban J connectivity index is 1.74. The second-order valence-electron chi connectivity index (χ2n) is 5.11. The molecule has 0 spiro atoms. The molecule has 2 amide bonds. The molecule has 0 radical (unpaired) electrons. The van der Waals surface area contributed by atoms with Crippen LogP contribution in [0.5, 0.6) is 5.75 Å². The quantitative estimate of drug-likeness (QED) is 0.758. The van der Waals surface area contributed by atoms with Gasteiger partial charge in [-0.05, 0) is 61.4 Å². The molecule has 0 heterocycles. The third-order valence-corrected chi connectivity index (χ3v) is 4.02. The molecule has 2 aromatic rings. The van der Waals surface area contributed by atoms with E-state index in [0.29, 0.717) is 23.9 Å². The summed E-state index contributed by atoms with van der Waals surface area (Å²) in [6.07, 6.45) is 0. The Bertz CT molecular complexity index is 664. The molecule has 23 heavy (non-hydrogen) atoms. The van der Waals surface area contributed by atoms with Crippen LogP contribution in [-0.2, 0) is 0 Å². The molecule has 0 aliphatic carbocycles. The molecule has 0 saturated heterocycles. The minimum atomic E-state index is -0.292. The van der Waals surface area contributed by atoms with Crippen LogP contribution in [-0.4, -0.2) is 19.2 Å². The van der Waals surface area contributed by atoms with Gasteiger partial charge in [0.2, 0.25) is 0 Å². The fourth-order valence-electron chi connectivity index (χ4n) is 2.03. The summed E-state index contributed by atoms with van der Waals surface area (Å²) in [5, 5.41) is 6.81. The van der Waals surface area contributed by atoms with Gasteiger partial charge in [0.05, 0.1) is 6.54 Å². The molecule has 6 heteroatoms. The van der Waals surface area contributed by atoms with Crippen molar-refractivity contribution in [2.75, 3.05) is 18.5 Å². The van der Waals surface area contributed by atoms with Gasteiger partial charge in [0.1, 0.15) is 12.4 Å². The molecule has 0 saturated carbocycles. The van der Waals surface area contributed by atoms with Crippen LogP contribution in [0.1, 0.15) is 11.1 Å². The SMILES string of the molecule is Cc1cc(OCCNC(=O)Nc2ccc(Cl)cc2)cc(C)c1Cl. The van der Waals surface area contributed by atoms with Gasteiger partial charge in [0, 0.05) is 15.7 Å². The molecule has 2 rings (SSSR count). The lowest BCUT2D eigenvalue weighted by atomic mass is 10.1. The summed E-state index contributed by atoms with van der Waals surface area (Å²) >= 11 is 11.9. The fraction of sp³-hybridized carbons (Fsp3) is 0.235. The molecule has 0 unspecified atom stereocenters. The highest BCUT2D eigenvalue weighted by molar-refractivity contribution is 6.32. The largest absolute Gasteiger partial charge is 0.492 e. The molecule has 2 N–H and O–H groups in total.